The highest BCUT2D eigenvalue weighted by Gasteiger charge is 2.29. The number of rotatable bonds is 4. The standard InChI is InChI=1S/C14H20BrNO3S/c1-3-19-14-9-12(6-7-13(14)15)20(17,18)16-8-4-5-11(2)10-16/h6-7,9,11H,3-5,8,10H2,1-2H3. The molecule has 1 heterocycles. The molecule has 1 aromatic rings. The van der Waals surface area contributed by atoms with E-state index in [9.17, 15) is 8.42 Å². The summed E-state index contributed by atoms with van der Waals surface area (Å²) in [5, 5.41) is 0. The van der Waals surface area contributed by atoms with Crippen LogP contribution in [0.1, 0.15) is 26.7 Å². The number of nitrogens with zero attached hydrogens (tertiary/aromatic N) is 1. The zero-order valence-electron chi connectivity index (χ0n) is 11.8. The lowest BCUT2D eigenvalue weighted by atomic mass is 10.0. The maximum atomic E-state index is 12.7. The van der Waals surface area contributed by atoms with Gasteiger partial charge in [0, 0.05) is 19.2 Å². The lowest BCUT2D eigenvalue weighted by Gasteiger charge is -2.30. The Morgan fingerprint density at radius 3 is 2.85 bits per heavy atom. The minimum atomic E-state index is -3.42. The molecule has 1 aliphatic heterocycles. The number of sulfonamides is 1. The van der Waals surface area contributed by atoms with E-state index >= 15 is 0 Å². The highest BCUT2D eigenvalue weighted by Crippen LogP contribution is 2.30. The molecule has 4 nitrogen and oxygen atoms in total. The van der Waals surface area contributed by atoms with Crippen molar-refractivity contribution in [1.82, 2.24) is 4.31 Å². The minimum Gasteiger partial charge on any atom is -0.493 e. The predicted molar refractivity (Wildman–Crippen MR) is 82.5 cm³/mol. The van der Waals surface area contributed by atoms with Crippen LogP contribution in [0.4, 0.5) is 0 Å². The molecule has 2 rings (SSSR count). The molecule has 0 aliphatic carbocycles. The molecule has 1 aliphatic rings. The molecule has 0 saturated carbocycles. The lowest BCUT2D eigenvalue weighted by Crippen LogP contribution is -2.39. The Balaban J connectivity index is 2.31. The van der Waals surface area contributed by atoms with Gasteiger partial charge in [-0.05, 0) is 53.7 Å². The molecule has 1 fully saturated rings. The van der Waals surface area contributed by atoms with E-state index in [1.54, 1.807) is 22.5 Å². The Kier molecular flexibility index (Phi) is 5.09. The number of hydrogen-bond acceptors (Lipinski definition) is 3. The van der Waals surface area contributed by atoms with E-state index in [1.165, 1.54) is 0 Å². The second-order valence-corrected chi connectivity index (χ2v) is 7.93. The van der Waals surface area contributed by atoms with Crippen molar-refractivity contribution >= 4 is 26.0 Å². The van der Waals surface area contributed by atoms with Crippen LogP contribution < -0.4 is 4.74 Å². The summed E-state index contributed by atoms with van der Waals surface area (Å²) < 4.78 is 33.1. The van der Waals surface area contributed by atoms with Crippen molar-refractivity contribution in [2.75, 3.05) is 19.7 Å². The second-order valence-electron chi connectivity index (χ2n) is 5.14. The molecule has 1 atom stereocenters. The van der Waals surface area contributed by atoms with Gasteiger partial charge in [0.15, 0.2) is 0 Å². The van der Waals surface area contributed by atoms with Crippen LogP contribution >= 0.6 is 15.9 Å². The van der Waals surface area contributed by atoms with Gasteiger partial charge in [0.05, 0.1) is 16.0 Å². The van der Waals surface area contributed by atoms with E-state index in [1.807, 2.05) is 6.92 Å². The first-order valence-electron chi connectivity index (χ1n) is 6.87. The van der Waals surface area contributed by atoms with Crippen molar-refractivity contribution in [2.24, 2.45) is 5.92 Å². The Labute approximate surface area is 129 Å². The van der Waals surface area contributed by atoms with Crippen molar-refractivity contribution in [2.45, 2.75) is 31.6 Å². The largest absolute Gasteiger partial charge is 0.493 e. The zero-order valence-corrected chi connectivity index (χ0v) is 14.2. The Hall–Kier alpha value is -0.590. The molecule has 0 aromatic heterocycles. The first kappa shape index (κ1) is 15.8. The average Bonchev–Trinajstić information content (AvgIpc) is 2.41. The summed E-state index contributed by atoms with van der Waals surface area (Å²) in [4.78, 5) is 0.304. The summed E-state index contributed by atoms with van der Waals surface area (Å²) in [6, 6.07) is 4.95. The summed E-state index contributed by atoms with van der Waals surface area (Å²) in [5.41, 5.74) is 0. The molecule has 20 heavy (non-hydrogen) atoms. The van der Waals surface area contributed by atoms with Crippen molar-refractivity contribution in [3.05, 3.63) is 22.7 Å². The van der Waals surface area contributed by atoms with E-state index in [0.29, 0.717) is 36.3 Å². The van der Waals surface area contributed by atoms with Crippen molar-refractivity contribution in [3.63, 3.8) is 0 Å². The minimum absolute atomic E-state index is 0.304. The van der Waals surface area contributed by atoms with E-state index in [0.717, 1.165) is 17.3 Å². The van der Waals surface area contributed by atoms with Gasteiger partial charge in [0.25, 0.3) is 0 Å². The molecule has 0 radical (unpaired) electrons. The van der Waals surface area contributed by atoms with Crippen LogP contribution in [0.2, 0.25) is 0 Å². The zero-order chi connectivity index (χ0) is 14.8. The number of ether oxygens (including phenoxy) is 1. The quantitative estimate of drug-likeness (QED) is 0.826. The molecule has 112 valence electrons. The van der Waals surface area contributed by atoms with E-state index < -0.39 is 10.0 Å². The lowest BCUT2D eigenvalue weighted by molar-refractivity contribution is 0.281. The maximum Gasteiger partial charge on any atom is 0.243 e. The highest BCUT2D eigenvalue weighted by molar-refractivity contribution is 9.10. The smallest absolute Gasteiger partial charge is 0.243 e. The van der Waals surface area contributed by atoms with E-state index in [4.69, 9.17) is 4.74 Å². The summed E-state index contributed by atoms with van der Waals surface area (Å²) in [5.74, 6) is 0.985. The molecule has 0 spiro atoms. The fourth-order valence-corrected chi connectivity index (χ4v) is 4.40. The van der Waals surface area contributed by atoms with Gasteiger partial charge in [-0.2, -0.15) is 4.31 Å². The van der Waals surface area contributed by atoms with E-state index in [-0.39, 0.29) is 0 Å². The Bertz CT molecular complexity index is 574. The number of piperidine rings is 1. The summed E-state index contributed by atoms with van der Waals surface area (Å²) in [6.45, 7) is 5.67. The average molecular weight is 362 g/mol. The highest BCUT2D eigenvalue weighted by atomic mass is 79.9. The van der Waals surface area contributed by atoms with Gasteiger partial charge in [0.1, 0.15) is 5.75 Å². The summed E-state index contributed by atoms with van der Waals surface area (Å²) >= 11 is 3.37. The molecule has 1 saturated heterocycles. The van der Waals surface area contributed by atoms with Gasteiger partial charge >= 0.3 is 0 Å². The number of benzene rings is 1. The normalized spacial score (nSPS) is 20.9. The molecular formula is C14H20BrNO3S. The third kappa shape index (κ3) is 3.35. The molecule has 0 amide bonds. The predicted octanol–water partition coefficient (Wildman–Crippen LogP) is 3.27. The summed E-state index contributed by atoms with van der Waals surface area (Å²) in [7, 11) is -3.42. The van der Waals surface area contributed by atoms with Crippen molar-refractivity contribution < 1.29 is 13.2 Å². The third-order valence-electron chi connectivity index (χ3n) is 3.46. The van der Waals surface area contributed by atoms with Crippen LogP contribution in [-0.4, -0.2) is 32.4 Å². The van der Waals surface area contributed by atoms with Gasteiger partial charge in [0.2, 0.25) is 10.0 Å². The molecule has 0 N–H and O–H groups in total. The van der Waals surface area contributed by atoms with Gasteiger partial charge in [-0.15, -0.1) is 0 Å². The van der Waals surface area contributed by atoms with Crippen molar-refractivity contribution in [1.29, 1.82) is 0 Å². The molecule has 0 bridgehead atoms. The van der Waals surface area contributed by atoms with Gasteiger partial charge < -0.3 is 4.74 Å². The first-order valence-corrected chi connectivity index (χ1v) is 9.11. The Morgan fingerprint density at radius 2 is 2.20 bits per heavy atom. The topological polar surface area (TPSA) is 46.6 Å². The van der Waals surface area contributed by atoms with Gasteiger partial charge in [-0.25, -0.2) is 8.42 Å². The first-order chi connectivity index (χ1) is 9.45. The SMILES string of the molecule is CCOc1cc(S(=O)(=O)N2CCCC(C)C2)ccc1Br. The second kappa shape index (κ2) is 6.45. The molecule has 1 aromatic carbocycles. The van der Waals surface area contributed by atoms with Crippen molar-refractivity contribution in [3.8, 4) is 5.75 Å². The fourth-order valence-electron chi connectivity index (χ4n) is 2.42. The van der Waals surface area contributed by atoms with Crippen LogP contribution in [0.15, 0.2) is 27.6 Å². The number of halogens is 1. The third-order valence-corrected chi connectivity index (χ3v) is 5.98. The monoisotopic (exact) mass is 361 g/mol. The van der Waals surface area contributed by atoms with Crippen LogP contribution in [0.25, 0.3) is 0 Å². The molecule has 1 unspecified atom stereocenters. The van der Waals surface area contributed by atoms with Crippen LogP contribution in [0.3, 0.4) is 0 Å². The van der Waals surface area contributed by atoms with Gasteiger partial charge in [-0.3, -0.25) is 0 Å². The van der Waals surface area contributed by atoms with Crippen LogP contribution in [-0.2, 0) is 10.0 Å². The van der Waals surface area contributed by atoms with Gasteiger partial charge in [-0.1, -0.05) is 6.92 Å². The fraction of sp³-hybridized carbons (Fsp3) is 0.571. The number of hydrogen-bond donors (Lipinski definition) is 0. The van der Waals surface area contributed by atoms with E-state index in [2.05, 4.69) is 22.9 Å². The molecular weight excluding hydrogens is 342 g/mol. The van der Waals surface area contributed by atoms with Crippen LogP contribution in [0, 0.1) is 5.92 Å². The van der Waals surface area contributed by atoms with Crippen LogP contribution in [0.5, 0.6) is 5.75 Å². The molecule has 6 heteroatoms. The Morgan fingerprint density at radius 1 is 1.45 bits per heavy atom. The maximum absolute atomic E-state index is 12.7. The summed E-state index contributed by atoms with van der Waals surface area (Å²) in [6.07, 6.45) is 2.02.